The van der Waals surface area contributed by atoms with E-state index in [2.05, 4.69) is 20.9 Å². The van der Waals surface area contributed by atoms with Crippen molar-refractivity contribution in [3.63, 3.8) is 0 Å². The van der Waals surface area contributed by atoms with E-state index in [9.17, 15) is 14.0 Å². The maximum Gasteiger partial charge on any atom is 0.320 e. The van der Waals surface area contributed by atoms with Crippen molar-refractivity contribution in [3.05, 3.63) is 63.7 Å². The lowest BCUT2D eigenvalue weighted by molar-refractivity contribution is 0.0959. The monoisotopic (exact) mass is 460 g/mol. The van der Waals surface area contributed by atoms with E-state index < -0.39 is 17.8 Å². The Labute approximate surface area is 186 Å². The van der Waals surface area contributed by atoms with Gasteiger partial charge < -0.3 is 15.4 Å². The number of anilines is 1. The minimum absolute atomic E-state index is 0.0441. The lowest BCUT2D eigenvalue weighted by atomic mass is 10.0. The summed E-state index contributed by atoms with van der Waals surface area (Å²) in [5.74, 6) is -0.222. The van der Waals surface area contributed by atoms with Crippen LogP contribution in [0.3, 0.4) is 0 Å². The molecule has 0 saturated carbocycles. The molecule has 0 spiro atoms. The summed E-state index contributed by atoms with van der Waals surface area (Å²) in [6, 6.07) is 9.01. The second kappa shape index (κ2) is 8.91. The van der Waals surface area contributed by atoms with E-state index in [4.69, 9.17) is 16.3 Å². The Balaban J connectivity index is 1.44. The Kier molecular flexibility index (Phi) is 6.06. The maximum atomic E-state index is 14.2. The van der Waals surface area contributed by atoms with Crippen LogP contribution in [0.15, 0.2) is 41.8 Å². The molecule has 0 aliphatic carbocycles. The highest BCUT2D eigenvalue weighted by molar-refractivity contribution is 7.13. The quantitative estimate of drug-likeness (QED) is 0.530. The molecule has 31 heavy (non-hydrogen) atoms. The van der Waals surface area contributed by atoms with Gasteiger partial charge in [-0.2, -0.15) is 0 Å². The van der Waals surface area contributed by atoms with Crippen LogP contribution in [0.25, 0.3) is 10.6 Å². The number of rotatable bonds is 4. The standard InChI is InChI=1S/C21H18ClFN4O3S/c1-24-19(28)12-6-5-11(9-15(12)23)20-26-17(10-31-20)27-21(29)25-16-7-8-30-18-13(16)3-2-4-14(18)22/h2-6,9-10,16H,7-8H2,1H3,(H,24,28)(H2,25,27,29)/t16-/m0/s1. The highest BCUT2D eigenvalue weighted by Gasteiger charge is 2.25. The number of para-hydroxylation sites is 1. The molecule has 0 fully saturated rings. The predicted octanol–water partition coefficient (Wildman–Crippen LogP) is 4.61. The van der Waals surface area contributed by atoms with Crippen LogP contribution in [0.2, 0.25) is 5.02 Å². The largest absolute Gasteiger partial charge is 0.492 e. The molecule has 3 aromatic rings. The predicted molar refractivity (Wildman–Crippen MR) is 117 cm³/mol. The minimum atomic E-state index is -0.642. The van der Waals surface area contributed by atoms with Gasteiger partial charge in [0.15, 0.2) is 0 Å². The van der Waals surface area contributed by atoms with Gasteiger partial charge in [0, 0.05) is 30.0 Å². The number of amides is 3. The molecule has 1 aliphatic rings. The Hall–Kier alpha value is -3.17. The van der Waals surface area contributed by atoms with E-state index in [-0.39, 0.29) is 11.6 Å². The Morgan fingerprint density at radius 3 is 2.90 bits per heavy atom. The van der Waals surface area contributed by atoms with Crippen LogP contribution in [-0.2, 0) is 0 Å². The maximum absolute atomic E-state index is 14.2. The summed E-state index contributed by atoms with van der Waals surface area (Å²) in [7, 11) is 1.44. The number of ether oxygens (including phenoxy) is 1. The van der Waals surface area contributed by atoms with Crippen LogP contribution >= 0.6 is 22.9 Å². The molecule has 0 saturated heterocycles. The van der Waals surface area contributed by atoms with E-state index in [1.165, 1.54) is 30.5 Å². The summed E-state index contributed by atoms with van der Waals surface area (Å²) in [6.07, 6.45) is 0.611. The molecule has 2 aromatic carbocycles. The van der Waals surface area contributed by atoms with Crippen molar-refractivity contribution in [1.82, 2.24) is 15.6 Å². The van der Waals surface area contributed by atoms with E-state index in [1.807, 2.05) is 12.1 Å². The topological polar surface area (TPSA) is 92.4 Å². The average molecular weight is 461 g/mol. The van der Waals surface area contributed by atoms with Crippen LogP contribution in [-0.4, -0.2) is 30.6 Å². The highest BCUT2D eigenvalue weighted by Crippen LogP contribution is 2.37. The average Bonchev–Trinajstić information content (AvgIpc) is 3.22. The van der Waals surface area contributed by atoms with Gasteiger partial charge in [-0.05, 0) is 18.2 Å². The number of hydrogen-bond acceptors (Lipinski definition) is 5. The molecule has 3 amide bonds. The van der Waals surface area contributed by atoms with Gasteiger partial charge in [0.25, 0.3) is 5.91 Å². The molecule has 1 aromatic heterocycles. The van der Waals surface area contributed by atoms with Crippen molar-refractivity contribution < 1.29 is 18.7 Å². The van der Waals surface area contributed by atoms with Crippen molar-refractivity contribution in [2.75, 3.05) is 19.0 Å². The van der Waals surface area contributed by atoms with Crippen molar-refractivity contribution in [2.45, 2.75) is 12.5 Å². The van der Waals surface area contributed by atoms with E-state index >= 15 is 0 Å². The molecule has 1 aliphatic heterocycles. The summed E-state index contributed by atoms with van der Waals surface area (Å²) in [4.78, 5) is 28.5. The Bertz CT molecular complexity index is 1150. The first kappa shape index (κ1) is 21.1. The minimum Gasteiger partial charge on any atom is -0.492 e. The van der Waals surface area contributed by atoms with Crippen molar-refractivity contribution >= 4 is 40.7 Å². The summed E-state index contributed by atoms with van der Waals surface area (Å²) >= 11 is 7.42. The molecule has 0 unspecified atom stereocenters. The SMILES string of the molecule is CNC(=O)c1ccc(-c2nc(NC(=O)N[C@H]3CCOc4c(Cl)cccc43)cs2)cc1F. The molecule has 2 heterocycles. The number of nitrogens with one attached hydrogen (secondary N) is 3. The lowest BCUT2D eigenvalue weighted by Crippen LogP contribution is -2.35. The fourth-order valence-electron chi connectivity index (χ4n) is 3.28. The fraction of sp³-hybridized carbons (Fsp3) is 0.190. The molecule has 160 valence electrons. The first-order valence-electron chi connectivity index (χ1n) is 9.42. The molecule has 3 N–H and O–H groups in total. The number of benzene rings is 2. The number of nitrogens with zero attached hydrogens (tertiary/aromatic N) is 1. The molecule has 1 atom stereocenters. The number of aromatic nitrogens is 1. The highest BCUT2D eigenvalue weighted by atomic mass is 35.5. The van der Waals surface area contributed by atoms with E-state index in [0.717, 1.165) is 5.56 Å². The molecular weight excluding hydrogens is 443 g/mol. The van der Waals surface area contributed by atoms with Crippen LogP contribution in [0.4, 0.5) is 15.0 Å². The third kappa shape index (κ3) is 4.47. The zero-order chi connectivity index (χ0) is 22.0. The third-order valence-corrected chi connectivity index (χ3v) is 5.95. The van der Waals surface area contributed by atoms with Gasteiger partial charge in [-0.3, -0.25) is 10.1 Å². The van der Waals surface area contributed by atoms with Crippen LogP contribution in [0.1, 0.15) is 28.4 Å². The second-order valence-corrected chi connectivity index (χ2v) is 8.02. The van der Waals surface area contributed by atoms with Gasteiger partial charge in [0.2, 0.25) is 0 Å². The van der Waals surface area contributed by atoms with Gasteiger partial charge >= 0.3 is 6.03 Å². The van der Waals surface area contributed by atoms with E-state index in [1.54, 1.807) is 17.5 Å². The zero-order valence-corrected chi connectivity index (χ0v) is 17.9. The number of carbonyl (C=O) groups excluding carboxylic acids is 2. The van der Waals surface area contributed by atoms with Crippen LogP contribution in [0, 0.1) is 5.82 Å². The normalized spacial score (nSPS) is 14.9. The van der Waals surface area contributed by atoms with Crippen LogP contribution < -0.4 is 20.7 Å². The van der Waals surface area contributed by atoms with Crippen LogP contribution in [0.5, 0.6) is 5.75 Å². The summed E-state index contributed by atoms with van der Waals surface area (Å²) < 4.78 is 19.8. The Morgan fingerprint density at radius 1 is 1.29 bits per heavy atom. The van der Waals surface area contributed by atoms with Gasteiger partial charge in [0.1, 0.15) is 22.4 Å². The number of thiazole rings is 1. The third-order valence-electron chi connectivity index (χ3n) is 4.76. The zero-order valence-electron chi connectivity index (χ0n) is 16.4. The summed E-state index contributed by atoms with van der Waals surface area (Å²) in [5, 5.41) is 10.7. The van der Waals surface area contributed by atoms with Crippen molar-refractivity contribution in [1.29, 1.82) is 0 Å². The summed E-state index contributed by atoms with van der Waals surface area (Å²) in [6.45, 7) is 0.445. The van der Waals surface area contributed by atoms with Crippen molar-refractivity contribution in [3.8, 4) is 16.3 Å². The number of fused-ring (bicyclic) bond motifs is 1. The van der Waals surface area contributed by atoms with Gasteiger partial charge in [0.05, 0.1) is 23.2 Å². The number of carbonyl (C=O) groups is 2. The molecule has 0 radical (unpaired) electrons. The fourth-order valence-corrected chi connectivity index (χ4v) is 4.26. The first-order valence-corrected chi connectivity index (χ1v) is 10.7. The number of urea groups is 1. The number of halogens is 2. The lowest BCUT2D eigenvalue weighted by Gasteiger charge is -2.27. The number of hydrogen-bond donors (Lipinski definition) is 3. The van der Waals surface area contributed by atoms with Gasteiger partial charge in [-0.15, -0.1) is 11.3 Å². The molecule has 0 bridgehead atoms. The van der Waals surface area contributed by atoms with Gasteiger partial charge in [-0.1, -0.05) is 29.8 Å². The summed E-state index contributed by atoms with van der Waals surface area (Å²) in [5.41, 5.74) is 1.29. The second-order valence-electron chi connectivity index (χ2n) is 6.76. The first-order chi connectivity index (χ1) is 15.0. The smallest absolute Gasteiger partial charge is 0.320 e. The van der Waals surface area contributed by atoms with E-state index in [0.29, 0.717) is 40.2 Å². The molecular formula is C21H18ClFN4O3S. The van der Waals surface area contributed by atoms with Crippen molar-refractivity contribution in [2.24, 2.45) is 0 Å². The Morgan fingerprint density at radius 2 is 2.13 bits per heavy atom. The molecule has 7 nitrogen and oxygen atoms in total. The molecule has 4 rings (SSSR count). The van der Waals surface area contributed by atoms with Gasteiger partial charge in [-0.25, -0.2) is 14.2 Å². The molecule has 10 heteroatoms.